The molecule has 0 N–H and O–H groups in total. The minimum atomic E-state index is 0.713. The van der Waals surface area contributed by atoms with Crippen molar-refractivity contribution in [3.63, 3.8) is 0 Å². The highest BCUT2D eigenvalue weighted by atomic mass is 79.9. The van der Waals surface area contributed by atoms with Gasteiger partial charge in [-0.15, -0.1) is 0 Å². The summed E-state index contributed by atoms with van der Waals surface area (Å²) in [4.78, 5) is 0. The van der Waals surface area contributed by atoms with Crippen LogP contribution in [0.5, 0.6) is 0 Å². The van der Waals surface area contributed by atoms with Crippen LogP contribution in [0.3, 0.4) is 0 Å². The predicted octanol–water partition coefficient (Wildman–Crippen LogP) is 2.47. The van der Waals surface area contributed by atoms with Gasteiger partial charge in [0.1, 0.15) is 4.60 Å². The molecule has 2 aliphatic carbocycles. The topological polar surface area (TPSA) is 17.8 Å². The van der Waals surface area contributed by atoms with E-state index in [2.05, 4.69) is 25.7 Å². The van der Waals surface area contributed by atoms with Crippen molar-refractivity contribution >= 4 is 15.9 Å². The van der Waals surface area contributed by atoms with Crippen LogP contribution in [0, 0.1) is 0 Å². The summed E-state index contributed by atoms with van der Waals surface area (Å²) in [6.07, 6.45) is 6.34. The molecule has 3 heteroatoms. The average Bonchev–Trinajstić information content (AvgIpc) is 2.71. The van der Waals surface area contributed by atoms with Crippen LogP contribution in [0.15, 0.2) is 4.60 Å². The fraction of sp³-hybridized carbons (Fsp3) is 0.667. The van der Waals surface area contributed by atoms with Gasteiger partial charge in [-0.2, -0.15) is 5.10 Å². The van der Waals surface area contributed by atoms with Gasteiger partial charge in [-0.1, -0.05) is 0 Å². The third-order valence-corrected chi connectivity index (χ3v) is 3.60. The number of hydrogen-bond acceptors (Lipinski definition) is 1. The minimum absolute atomic E-state index is 0.713. The van der Waals surface area contributed by atoms with Crippen molar-refractivity contribution in [1.82, 2.24) is 9.78 Å². The molecule has 1 aromatic rings. The van der Waals surface area contributed by atoms with Gasteiger partial charge < -0.3 is 0 Å². The molecule has 0 saturated heterocycles. The van der Waals surface area contributed by atoms with Gasteiger partial charge in [0.2, 0.25) is 0 Å². The van der Waals surface area contributed by atoms with Crippen LogP contribution in [0.25, 0.3) is 0 Å². The van der Waals surface area contributed by atoms with Crippen LogP contribution in [0.1, 0.15) is 36.6 Å². The first kappa shape index (κ1) is 7.13. The molecule has 0 bridgehead atoms. The molecule has 0 spiro atoms. The molecule has 1 saturated carbocycles. The van der Waals surface area contributed by atoms with Gasteiger partial charge in [0, 0.05) is 5.56 Å². The summed E-state index contributed by atoms with van der Waals surface area (Å²) in [5, 5.41) is 4.62. The molecule has 3 rings (SSSR count). The number of rotatable bonds is 1. The summed E-state index contributed by atoms with van der Waals surface area (Å²) in [7, 11) is 0. The third kappa shape index (κ3) is 0.889. The fourth-order valence-corrected chi connectivity index (χ4v) is 2.73. The summed E-state index contributed by atoms with van der Waals surface area (Å²) in [5.74, 6) is 0. The predicted molar refractivity (Wildman–Crippen MR) is 50.2 cm³/mol. The zero-order chi connectivity index (χ0) is 8.13. The molecule has 64 valence electrons. The van der Waals surface area contributed by atoms with Gasteiger partial charge in [-0.05, 0) is 48.0 Å². The number of nitrogens with zero attached hydrogens (tertiary/aromatic N) is 2. The highest BCUT2D eigenvalue weighted by Crippen LogP contribution is 2.40. The Bertz CT molecular complexity index is 326. The molecule has 0 radical (unpaired) electrons. The van der Waals surface area contributed by atoms with Crippen LogP contribution >= 0.6 is 15.9 Å². The van der Waals surface area contributed by atoms with Crippen molar-refractivity contribution in [2.45, 2.75) is 38.1 Å². The Hall–Kier alpha value is -0.310. The van der Waals surface area contributed by atoms with Crippen LogP contribution in [-0.2, 0) is 12.8 Å². The zero-order valence-corrected chi connectivity index (χ0v) is 8.47. The van der Waals surface area contributed by atoms with Gasteiger partial charge in [-0.25, -0.2) is 0 Å². The van der Waals surface area contributed by atoms with Crippen LogP contribution in [0.2, 0.25) is 0 Å². The lowest BCUT2D eigenvalue weighted by Gasteiger charge is -1.99. The number of aromatic nitrogens is 2. The summed E-state index contributed by atoms with van der Waals surface area (Å²) >= 11 is 3.64. The molecule has 0 aromatic carbocycles. The molecule has 0 aliphatic heterocycles. The Balaban J connectivity index is 2.10. The summed E-state index contributed by atoms with van der Waals surface area (Å²) in [6, 6.07) is 0.713. The van der Waals surface area contributed by atoms with Gasteiger partial charge in [-0.3, -0.25) is 4.68 Å². The van der Waals surface area contributed by atoms with E-state index in [0.29, 0.717) is 6.04 Å². The van der Waals surface area contributed by atoms with E-state index in [-0.39, 0.29) is 0 Å². The maximum Gasteiger partial charge on any atom is 0.107 e. The molecule has 1 heterocycles. The van der Waals surface area contributed by atoms with E-state index in [1.54, 1.807) is 0 Å². The largest absolute Gasteiger partial charge is 0.255 e. The standard InChI is InChI=1S/C9H11BrN2/c10-9-7-2-1-3-8(7)11-12(9)6-4-5-6/h6H,1-5H2. The van der Waals surface area contributed by atoms with Crippen LogP contribution in [0.4, 0.5) is 0 Å². The number of fused-ring (bicyclic) bond motifs is 1. The molecule has 0 amide bonds. The van der Waals surface area contributed by atoms with Gasteiger partial charge in [0.05, 0.1) is 11.7 Å². The third-order valence-electron chi connectivity index (χ3n) is 2.76. The molecule has 12 heavy (non-hydrogen) atoms. The van der Waals surface area contributed by atoms with E-state index >= 15 is 0 Å². The maximum atomic E-state index is 4.62. The monoisotopic (exact) mass is 226 g/mol. The molecular formula is C9H11BrN2. The van der Waals surface area contributed by atoms with Crippen molar-refractivity contribution in [2.75, 3.05) is 0 Å². The Morgan fingerprint density at radius 3 is 2.83 bits per heavy atom. The Morgan fingerprint density at radius 1 is 1.33 bits per heavy atom. The SMILES string of the molecule is Brc1c2c(nn1C1CC1)CCC2. The van der Waals surface area contributed by atoms with E-state index in [4.69, 9.17) is 0 Å². The maximum absolute atomic E-state index is 4.62. The highest BCUT2D eigenvalue weighted by Gasteiger charge is 2.30. The molecule has 2 nitrogen and oxygen atoms in total. The normalized spacial score (nSPS) is 21.4. The molecule has 0 unspecified atom stereocenters. The van der Waals surface area contributed by atoms with Gasteiger partial charge in [0.15, 0.2) is 0 Å². The molecule has 1 fully saturated rings. The lowest BCUT2D eigenvalue weighted by molar-refractivity contribution is 0.610. The second-order valence-electron chi connectivity index (χ2n) is 3.75. The van der Waals surface area contributed by atoms with E-state index in [9.17, 15) is 0 Å². The second-order valence-corrected chi connectivity index (χ2v) is 4.50. The first-order valence-corrected chi connectivity index (χ1v) is 5.41. The van der Waals surface area contributed by atoms with Gasteiger partial charge >= 0.3 is 0 Å². The number of hydrogen-bond donors (Lipinski definition) is 0. The summed E-state index contributed by atoms with van der Waals surface area (Å²) in [5.41, 5.74) is 2.82. The molecule has 1 aromatic heterocycles. The smallest absolute Gasteiger partial charge is 0.107 e. The first-order valence-electron chi connectivity index (χ1n) is 4.62. The average molecular weight is 227 g/mol. The van der Waals surface area contributed by atoms with Crippen molar-refractivity contribution in [3.05, 3.63) is 15.9 Å². The lowest BCUT2D eigenvalue weighted by atomic mass is 10.3. The first-order chi connectivity index (χ1) is 5.86. The van der Waals surface area contributed by atoms with E-state index in [1.165, 1.54) is 48.0 Å². The minimum Gasteiger partial charge on any atom is -0.255 e. The van der Waals surface area contributed by atoms with Crippen molar-refractivity contribution in [2.24, 2.45) is 0 Å². The zero-order valence-electron chi connectivity index (χ0n) is 6.89. The van der Waals surface area contributed by atoms with Crippen molar-refractivity contribution in [1.29, 1.82) is 0 Å². The fourth-order valence-electron chi connectivity index (χ4n) is 1.93. The molecule has 0 atom stereocenters. The van der Waals surface area contributed by atoms with Crippen LogP contribution < -0.4 is 0 Å². The molecule has 2 aliphatic rings. The number of halogens is 1. The van der Waals surface area contributed by atoms with E-state index < -0.39 is 0 Å². The molecular weight excluding hydrogens is 216 g/mol. The lowest BCUT2D eigenvalue weighted by Crippen LogP contribution is -1.98. The van der Waals surface area contributed by atoms with E-state index in [0.717, 1.165) is 0 Å². The Labute approximate surface area is 80.1 Å². The van der Waals surface area contributed by atoms with Crippen LogP contribution in [-0.4, -0.2) is 9.78 Å². The second kappa shape index (κ2) is 2.34. The summed E-state index contributed by atoms with van der Waals surface area (Å²) < 4.78 is 3.45. The van der Waals surface area contributed by atoms with E-state index in [1.807, 2.05) is 0 Å². The number of aryl methyl sites for hydroxylation is 1. The van der Waals surface area contributed by atoms with Crippen molar-refractivity contribution < 1.29 is 0 Å². The quantitative estimate of drug-likeness (QED) is 0.720. The Morgan fingerprint density at radius 2 is 2.17 bits per heavy atom. The summed E-state index contributed by atoms with van der Waals surface area (Å²) in [6.45, 7) is 0. The van der Waals surface area contributed by atoms with Gasteiger partial charge in [0.25, 0.3) is 0 Å². The Kier molecular flexibility index (Phi) is 1.39. The highest BCUT2D eigenvalue weighted by molar-refractivity contribution is 9.10. The van der Waals surface area contributed by atoms with Crippen molar-refractivity contribution in [3.8, 4) is 0 Å².